The molecule has 36 heavy (non-hydrogen) atoms. The fourth-order valence-electron chi connectivity index (χ4n) is 3.93. The highest BCUT2D eigenvalue weighted by atomic mass is 19.2. The zero-order valence-electron chi connectivity index (χ0n) is 22.4. The number of anilines is 2. The van der Waals surface area contributed by atoms with Gasteiger partial charge in [-0.05, 0) is 80.7 Å². The smallest absolute Gasteiger partial charge is 0.182 e. The van der Waals surface area contributed by atoms with Crippen LogP contribution in [-0.2, 0) is 6.42 Å². The van der Waals surface area contributed by atoms with Crippen LogP contribution in [0.1, 0.15) is 75.9 Å². The highest BCUT2D eigenvalue weighted by Crippen LogP contribution is 2.26. The number of carbonyl (C=O) groups excluding carboxylic acids is 1. The molecule has 6 heteroatoms. The van der Waals surface area contributed by atoms with Crippen LogP contribution in [0.2, 0.25) is 0 Å². The average Bonchev–Trinajstić information content (AvgIpc) is 2.89. The number of hydrogen-bond donors (Lipinski definition) is 2. The van der Waals surface area contributed by atoms with Crippen LogP contribution < -0.4 is 10.6 Å². The van der Waals surface area contributed by atoms with E-state index in [1.54, 1.807) is 26.2 Å². The van der Waals surface area contributed by atoms with Gasteiger partial charge in [0, 0.05) is 36.5 Å². The van der Waals surface area contributed by atoms with Crippen LogP contribution in [0.25, 0.3) is 5.57 Å². The summed E-state index contributed by atoms with van der Waals surface area (Å²) in [4.78, 5) is 16.9. The standard InChI is InChI=1S/C30H37F2N3O/c1-8-12-21(9-2)30(35-23-13-14-25(27(36)11-4)22(10-3)17-23)20(6)34-18-19(5)24-15-16-26(33-7)29(32)28(24)31/h8,12-18,33,35H,9-11H2,1-7H3/b12-8-,19-18+,30-21+,34-20+. The Bertz CT molecular complexity index is 1220. The van der Waals surface area contributed by atoms with E-state index in [1.165, 1.54) is 6.07 Å². The summed E-state index contributed by atoms with van der Waals surface area (Å²) in [5, 5.41) is 6.13. The van der Waals surface area contributed by atoms with Crippen molar-refractivity contribution in [3.05, 3.63) is 88.3 Å². The van der Waals surface area contributed by atoms with Crippen molar-refractivity contribution in [2.24, 2.45) is 4.99 Å². The number of aryl methyl sites for hydroxylation is 1. The zero-order chi connectivity index (χ0) is 26.8. The summed E-state index contributed by atoms with van der Waals surface area (Å²) in [7, 11) is 1.55. The number of carbonyl (C=O) groups is 1. The Hall–Kier alpha value is -3.54. The van der Waals surface area contributed by atoms with Gasteiger partial charge in [-0.2, -0.15) is 0 Å². The number of Topliss-reactive ketones (excluding diaryl/α,β-unsaturated/α-hetero) is 1. The highest BCUT2D eigenvalue weighted by Gasteiger charge is 2.15. The lowest BCUT2D eigenvalue weighted by Gasteiger charge is -2.17. The van der Waals surface area contributed by atoms with E-state index < -0.39 is 11.6 Å². The molecule has 0 saturated heterocycles. The molecule has 0 saturated carbocycles. The third kappa shape index (κ3) is 6.78. The molecule has 0 heterocycles. The predicted molar refractivity (Wildman–Crippen MR) is 149 cm³/mol. The highest BCUT2D eigenvalue weighted by molar-refractivity contribution is 6.03. The van der Waals surface area contributed by atoms with Crippen LogP contribution in [0.4, 0.5) is 20.2 Å². The van der Waals surface area contributed by atoms with Crippen molar-refractivity contribution in [3.63, 3.8) is 0 Å². The van der Waals surface area contributed by atoms with Crippen molar-refractivity contribution in [2.45, 2.75) is 60.8 Å². The van der Waals surface area contributed by atoms with Gasteiger partial charge in [0.05, 0.1) is 17.1 Å². The van der Waals surface area contributed by atoms with Crippen molar-refractivity contribution < 1.29 is 13.6 Å². The third-order valence-corrected chi connectivity index (χ3v) is 6.04. The lowest BCUT2D eigenvalue weighted by Crippen LogP contribution is -2.12. The topological polar surface area (TPSA) is 53.5 Å². The minimum atomic E-state index is -0.913. The number of nitrogens with zero attached hydrogens (tertiary/aromatic N) is 1. The fourth-order valence-corrected chi connectivity index (χ4v) is 3.93. The molecule has 0 aliphatic rings. The molecule has 4 nitrogen and oxygen atoms in total. The Balaban J connectivity index is 2.51. The van der Waals surface area contributed by atoms with Gasteiger partial charge >= 0.3 is 0 Å². The molecule has 0 radical (unpaired) electrons. The van der Waals surface area contributed by atoms with Crippen LogP contribution in [0.3, 0.4) is 0 Å². The first kappa shape index (κ1) is 28.7. The zero-order valence-corrected chi connectivity index (χ0v) is 22.4. The van der Waals surface area contributed by atoms with E-state index in [1.807, 2.05) is 58.0 Å². The van der Waals surface area contributed by atoms with E-state index in [0.717, 1.165) is 40.9 Å². The first-order valence-corrected chi connectivity index (χ1v) is 12.4. The predicted octanol–water partition coefficient (Wildman–Crippen LogP) is 8.34. The molecule has 0 atom stereocenters. The Morgan fingerprint density at radius 2 is 1.69 bits per heavy atom. The summed E-state index contributed by atoms with van der Waals surface area (Å²) in [6.07, 6.45) is 7.52. The second kappa shape index (κ2) is 13.5. The van der Waals surface area contributed by atoms with Crippen molar-refractivity contribution >= 4 is 28.4 Å². The summed E-state index contributed by atoms with van der Waals surface area (Å²) in [6.45, 7) is 11.5. The number of ketones is 1. The normalized spacial score (nSPS) is 13.1. The summed E-state index contributed by atoms with van der Waals surface area (Å²) in [5.41, 5.74) is 5.95. The van der Waals surface area contributed by atoms with E-state index >= 15 is 0 Å². The number of aliphatic imine (C=N–C) groups is 1. The van der Waals surface area contributed by atoms with Crippen LogP contribution in [-0.4, -0.2) is 18.5 Å². The number of halogens is 2. The molecule has 0 spiro atoms. The van der Waals surface area contributed by atoms with Gasteiger partial charge in [-0.1, -0.05) is 32.9 Å². The van der Waals surface area contributed by atoms with Crippen LogP contribution in [0, 0.1) is 11.6 Å². The lowest BCUT2D eigenvalue weighted by atomic mass is 9.99. The van der Waals surface area contributed by atoms with Gasteiger partial charge in [0.15, 0.2) is 17.4 Å². The average molecular weight is 494 g/mol. The summed E-state index contributed by atoms with van der Waals surface area (Å²) in [6, 6.07) is 8.82. The van der Waals surface area contributed by atoms with E-state index in [9.17, 15) is 13.6 Å². The molecule has 0 bridgehead atoms. The maximum absolute atomic E-state index is 14.6. The van der Waals surface area contributed by atoms with Crippen LogP contribution in [0.5, 0.6) is 0 Å². The summed E-state index contributed by atoms with van der Waals surface area (Å²) < 4.78 is 28.8. The maximum Gasteiger partial charge on any atom is 0.182 e. The largest absolute Gasteiger partial charge is 0.386 e. The molecule has 2 rings (SSSR count). The van der Waals surface area contributed by atoms with Gasteiger partial charge in [-0.3, -0.25) is 9.79 Å². The first-order chi connectivity index (χ1) is 17.2. The second-order valence-corrected chi connectivity index (χ2v) is 8.45. The lowest BCUT2D eigenvalue weighted by molar-refractivity contribution is 0.0987. The van der Waals surface area contributed by atoms with Gasteiger partial charge in [-0.15, -0.1) is 0 Å². The molecule has 0 amide bonds. The van der Waals surface area contributed by atoms with E-state index in [0.29, 0.717) is 17.7 Å². The number of benzene rings is 2. The van der Waals surface area contributed by atoms with E-state index in [4.69, 9.17) is 0 Å². The molecule has 0 fully saturated rings. The number of nitrogens with one attached hydrogen (secondary N) is 2. The van der Waals surface area contributed by atoms with Gasteiger partial charge in [-0.25, -0.2) is 8.78 Å². The third-order valence-electron chi connectivity index (χ3n) is 6.04. The molecular weight excluding hydrogens is 456 g/mol. The monoisotopic (exact) mass is 493 g/mol. The Morgan fingerprint density at radius 1 is 1.00 bits per heavy atom. The fraction of sp³-hybridized carbons (Fsp3) is 0.333. The van der Waals surface area contributed by atoms with Crippen molar-refractivity contribution in [1.82, 2.24) is 0 Å². The Morgan fingerprint density at radius 3 is 2.28 bits per heavy atom. The molecule has 192 valence electrons. The summed E-state index contributed by atoms with van der Waals surface area (Å²) in [5.74, 6) is -1.69. The molecule has 0 aromatic heterocycles. The van der Waals surface area contributed by atoms with Gasteiger partial charge in [0.2, 0.25) is 0 Å². The second-order valence-electron chi connectivity index (χ2n) is 8.45. The molecule has 0 aliphatic heterocycles. The molecule has 0 aliphatic carbocycles. The van der Waals surface area contributed by atoms with E-state index in [-0.39, 0.29) is 17.0 Å². The molecule has 2 N–H and O–H groups in total. The maximum atomic E-state index is 14.6. The Labute approximate surface area is 213 Å². The van der Waals surface area contributed by atoms with Crippen LogP contribution in [0.15, 0.2) is 64.9 Å². The summed E-state index contributed by atoms with van der Waals surface area (Å²) >= 11 is 0. The molecular formula is C30H37F2N3O. The van der Waals surface area contributed by atoms with E-state index in [2.05, 4.69) is 22.5 Å². The number of rotatable bonds is 11. The number of allylic oxidation sites excluding steroid dienone is 5. The first-order valence-electron chi connectivity index (χ1n) is 12.4. The molecule has 2 aromatic carbocycles. The van der Waals surface area contributed by atoms with Crippen molar-refractivity contribution in [3.8, 4) is 0 Å². The van der Waals surface area contributed by atoms with Gasteiger partial charge in [0.1, 0.15) is 0 Å². The van der Waals surface area contributed by atoms with Crippen LogP contribution >= 0.6 is 0 Å². The van der Waals surface area contributed by atoms with Gasteiger partial charge < -0.3 is 10.6 Å². The van der Waals surface area contributed by atoms with Crippen molar-refractivity contribution in [1.29, 1.82) is 0 Å². The van der Waals surface area contributed by atoms with Crippen molar-refractivity contribution in [2.75, 3.05) is 17.7 Å². The minimum Gasteiger partial charge on any atom is -0.386 e. The SMILES string of the molecule is C\C=C/C(CC)=C(Nc1ccc(C(=O)CC)c(CC)c1)\C(C)=N\C=C(/C)c1ccc(NC)c(F)c1F. The minimum absolute atomic E-state index is 0.107. The van der Waals surface area contributed by atoms with Gasteiger partial charge in [0.25, 0.3) is 0 Å². The molecule has 2 aromatic rings. The molecule has 0 unspecified atom stereocenters. The number of hydrogen-bond acceptors (Lipinski definition) is 4. The quantitative estimate of drug-likeness (QED) is 0.188. The Kier molecular flexibility index (Phi) is 10.8.